The molecule has 1 heteroatoms. The second kappa shape index (κ2) is 5.29. The van der Waals surface area contributed by atoms with Crippen molar-refractivity contribution in [1.29, 1.82) is 0 Å². The van der Waals surface area contributed by atoms with Gasteiger partial charge < -0.3 is 0 Å². The van der Waals surface area contributed by atoms with Gasteiger partial charge in [0, 0.05) is 11.9 Å². The van der Waals surface area contributed by atoms with Gasteiger partial charge in [-0.1, -0.05) is 19.6 Å². The lowest BCUT2D eigenvalue weighted by atomic mass is 10.3. The molecule has 0 aliphatic heterocycles. The first kappa shape index (κ1) is 8.15. The molecule has 0 aromatic heterocycles. The van der Waals surface area contributed by atoms with Gasteiger partial charge in [-0.05, 0) is 19.4 Å². The Labute approximate surface area is 56.8 Å². The molecule has 0 atom stereocenters. The molecule has 1 nitrogen and oxygen atoms in total. The first-order valence-corrected chi connectivity index (χ1v) is 3.15. The van der Waals surface area contributed by atoms with Crippen LogP contribution in [0, 0.1) is 0 Å². The lowest BCUT2D eigenvalue weighted by Gasteiger charge is -1.88. The molecule has 50 valence electrons. The Morgan fingerprint density at radius 1 is 1.67 bits per heavy atom. The molecule has 9 heavy (non-hydrogen) atoms. The second-order valence-electron chi connectivity index (χ2n) is 1.66. The number of allylic oxidation sites excluding steroid dienone is 2. The van der Waals surface area contributed by atoms with E-state index >= 15 is 0 Å². The number of hydrogen-bond donors (Lipinski definition) is 0. The van der Waals surface area contributed by atoms with Gasteiger partial charge in [-0.25, -0.2) is 0 Å². The highest BCUT2D eigenvalue weighted by Crippen LogP contribution is 1.87. The van der Waals surface area contributed by atoms with Gasteiger partial charge in [-0.15, -0.1) is 0 Å². The van der Waals surface area contributed by atoms with E-state index in [0.29, 0.717) is 0 Å². The molecule has 0 fully saturated rings. The SMILES string of the molecule is C=C/C(CC)=N\C=C/C. The zero-order chi connectivity index (χ0) is 7.11. The normalized spacial score (nSPS) is 12.4. The molecule has 0 saturated carbocycles. The van der Waals surface area contributed by atoms with Crippen molar-refractivity contribution in [1.82, 2.24) is 0 Å². The fourth-order valence-corrected chi connectivity index (χ4v) is 0.459. The van der Waals surface area contributed by atoms with E-state index in [-0.39, 0.29) is 0 Å². The van der Waals surface area contributed by atoms with Crippen molar-refractivity contribution in [2.45, 2.75) is 20.3 Å². The van der Waals surface area contributed by atoms with Crippen LogP contribution in [-0.4, -0.2) is 5.71 Å². The Morgan fingerprint density at radius 2 is 2.33 bits per heavy atom. The quantitative estimate of drug-likeness (QED) is 0.511. The van der Waals surface area contributed by atoms with Crippen LogP contribution in [0.2, 0.25) is 0 Å². The van der Waals surface area contributed by atoms with E-state index in [1.165, 1.54) is 0 Å². The lowest BCUT2D eigenvalue weighted by Crippen LogP contribution is -1.86. The summed E-state index contributed by atoms with van der Waals surface area (Å²) in [5, 5.41) is 0. The van der Waals surface area contributed by atoms with Crippen LogP contribution in [0.3, 0.4) is 0 Å². The van der Waals surface area contributed by atoms with Gasteiger partial charge in [0.05, 0.1) is 0 Å². The van der Waals surface area contributed by atoms with Crippen LogP contribution in [0.5, 0.6) is 0 Å². The summed E-state index contributed by atoms with van der Waals surface area (Å²) < 4.78 is 0. The number of nitrogens with zero attached hydrogens (tertiary/aromatic N) is 1. The van der Waals surface area contributed by atoms with Crippen LogP contribution >= 0.6 is 0 Å². The van der Waals surface area contributed by atoms with Crippen molar-refractivity contribution in [2.75, 3.05) is 0 Å². The van der Waals surface area contributed by atoms with Crippen LogP contribution in [-0.2, 0) is 0 Å². The van der Waals surface area contributed by atoms with Crippen LogP contribution in [0.1, 0.15) is 20.3 Å². The summed E-state index contributed by atoms with van der Waals surface area (Å²) in [5.41, 5.74) is 1.04. The molecule has 0 radical (unpaired) electrons. The topological polar surface area (TPSA) is 12.4 Å². The van der Waals surface area contributed by atoms with Gasteiger partial charge >= 0.3 is 0 Å². The molecule has 0 heterocycles. The zero-order valence-electron chi connectivity index (χ0n) is 6.09. The molecular weight excluding hydrogens is 110 g/mol. The van der Waals surface area contributed by atoms with Crippen molar-refractivity contribution in [3.8, 4) is 0 Å². The Bertz CT molecular complexity index is 132. The van der Waals surface area contributed by atoms with E-state index < -0.39 is 0 Å². The number of aliphatic imine (C=N–C) groups is 1. The maximum atomic E-state index is 4.10. The standard InChI is InChI=1S/C8H13N/c1-4-7-9-8(5-2)6-3/h4-5,7H,2,6H2,1,3H3/b7-4-,9-8+. The van der Waals surface area contributed by atoms with Crippen molar-refractivity contribution < 1.29 is 0 Å². The second-order valence-corrected chi connectivity index (χ2v) is 1.66. The average Bonchev–Trinajstić information content (AvgIpc) is 1.91. The van der Waals surface area contributed by atoms with Crippen LogP contribution in [0.25, 0.3) is 0 Å². The fourth-order valence-electron chi connectivity index (χ4n) is 0.459. The molecule has 0 saturated heterocycles. The van der Waals surface area contributed by atoms with Gasteiger partial charge in [0.25, 0.3) is 0 Å². The van der Waals surface area contributed by atoms with Gasteiger partial charge in [0.1, 0.15) is 0 Å². The summed E-state index contributed by atoms with van der Waals surface area (Å²) in [6, 6.07) is 0. The molecule has 0 aromatic carbocycles. The lowest BCUT2D eigenvalue weighted by molar-refractivity contribution is 1.28. The predicted molar refractivity (Wildman–Crippen MR) is 42.7 cm³/mol. The summed E-state index contributed by atoms with van der Waals surface area (Å²) in [6.07, 6.45) is 6.41. The summed E-state index contributed by atoms with van der Waals surface area (Å²) in [5.74, 6) is 0. The molecule has 0 spiro atoms. The van der Waals surface area contributed by atoms with Gasteiger partial charge in [0.15, 0.2) is 0 Å². The third-order valence-corrected chi connectivity index (χ3v) is 0.987. The van der Waals surface area contributed by atoms with Crippen molar-refractivity contribution in [3.63, 3.8) is 0 Å². The Kier molecular flexibility index (Phi) is 4.79. The molecule has 0 aromatic rings. The van der Waals surface area contributed by atoms with Crippen molar-refractivity contribution in [2.24, 2.45) is 4.99 Å². The zero-order valence-corrected chi connectivity index (χ0v) is 6.09. The summed E-state index contributed by atoms with van der Waals surface area (Å²) in [7, 11) is 0. The minimum atomic E-state index is 0.952. The molecular formula is C8H13N. The number of rotatable bonds is 3. The first-order chi connectivity index (χ1) is 4.35. The largest absolute Gasteiger partial charge is 0.262 e. The third-order valence-electron chi connectivity index (χ3n) is 0.987. The van der Waals surface area contributed by atoms with Gasteiger partial charge in [0.2, 0.25) is 0 Å². The Morgan fingerprint density at radius 3 is 2.67 bits per heavy atom. The highest BCUT2D eigenvalue weighted by atomic mass is 14.7. The van der Waals surface area contributed by atoms with Crippen LogP contribution in [0.4, 0.5) is 0 Å². The molecule has 0 bridgehead atoms. The molecule has 0 amide bonds. The maximum absolute atomic E-state index is 4.10. The number of hydrogen-bond acceptors (Lipinski definition) is 1. The summed E-state index contributed by atoms with van der Waals surface area (Å²) in [6.45, 7) is 7.62. The summed E-state index contributed by atoms with van der Waals surface area (Å²) >= 11 is 0. The van der Waals surface area contributed by atoms with E-state index in [9.17, 15) is 0 Å². The molecule has 0 aliphatic carbocycles. The minimum absolute atomic E-state index is 0.952. The smallest absolute Gasteiger partial charge is 0.0394 e. The van der Waals surface area contributed by atoms with Gasteiger partial charge in [-0.3, -0.25) is 4.99 Å². The minimum Gasteiger partial charge on any atom is -0.262 e. The van der Waals surface area contributed by atoms with Gasteiger partial charge in [-0.2, -0.15) is 0 Å². The predicted octanol–water partition coefficient (Wildman–Crippen LogP) is 2.56. The monoisotopic (exact) mass is 123 g/mol. The molecule has 0 aliphatic rings. The first-order valence-electron chi connectivity index (χ1n) is 3.15. The van der Waals surface area contributed by atoms with Crippen LogP contribution < -0.4 is 0 Å². The molecule has 0 N–H and O–H groups in total. The van der Waals surface area contributed by atoms with E-state index in [2.05, 4.69) is 18.5 Å². The third kappa shape index (κ3) is 3.71. The fraction of sp³-hybridized carbons (Fsp3) is 0.375. The van der Waals surface area contributed by atoms with Crippen molar-refractivity contribution >= 4 is 5.71 Å². The van der Waals surface area contributed by atoms with Crippen molar-refractivity contribution in [3.05, 3.63) is 24.9 Å². The van der Waals surface area contributed by atoms with E-state index in [1.54, 1.807) is 12.3 Å². The molecule has 0 rings (SSSR count). The van der Waals surface area contributed by atoms with E-state index in [1.807, 2.05) is 13.0 Å². The van der Waals surface area contributed by atoms with Crippen LogP contribution in [0.15, 0.2) is 29.9 Å². The molecule has 0 unspecified atom stereocenters. The average molecular weight is 123 g/mol. The Hall–Kier alpha value is -0.850. The highest BCUT2D eigenvalue weighted by Gasteiger charge is 1.81. The summed E-state index contributed by atoms with van der Waals surface area (Å²) in [4.78, 5) is 4.10. The maximum Gasteiger partial charge on any atom is 0.0394 e. The van der Waals surface area contributed by atoms with E-state index in [0.717, 1.165) is 12.1 Å². The Balaban J connectivity index is 3.90. The van der Waals surface area contributed by atoms with E-state index in [4.69, 9.17) is 0 Å². The highest BCUT2D eigenvalue weighted by molar-refractivity contribution is 5.94.